The Bertz CT molecular complexity index is 2770. The van der Waals surface area contributed by atoms with Gasteiger partial charge in [-0.25, -0.2) is 0 Å². The van der Waals surface area contributed by atoms with Crippen molar-refractivity contribution in [2.75, 3.05) is 0 Å². The third kappa shape index (κ3) is 6.04. The van der Waals surface area contributed by atoms with Gasteiger partial charge in [0.1, 0.15) is 0 Å². The molecule has 0 fully saturated rings. The fourth-order valence-electron chi connectivity index (χ4n) is 9.08. The van der Waals surface area contributed by atoms with Crippen molar-refractivity contribution in [2.24, 2.45) is 0 Å². The second-order valence-electron chi connectivity index (χ2n) is 14.8. The largest absolute Gasteiger partial charge is 0.0713 e. The molecule has 10 rings (SSSR count). The lowest BCUT2D eigenvalue weighted by atomic mass is 9.67. The molecule has 0 N–H and O–H groups in total. The van der Waals surface area contributed by atoms with Crippen molar-refractivity contribution in [3.63, 3.8) is 0 Å². The van der Waals surface area contributed by atoms with E-state index in [2.05, 4.69) is 243 Å². The minimum Gasteiger partial charge on any atom is -0.0622 e. The predicted molar refractivity (Wildman–Crippen MR) is 239 cm³/mol. The van der Waals surface area contributed by atoms with Crippen molar-refractivity contribution >= 4 is 11.1 Å². The summed E-state index contributed by atoms with van der Waals surface area (Å²) in [6.45, 7) is 0. The highest BCUT2D eigenvalue weighted by atomic mass is 14.5. The molecule has 0 heterocycles. The molecule has 9 aromatic carbocycles. The maximum Gasteiger partial charge on any atom is 0.0713 e. The molecule has 57 heavy (non-hydrogen) atoms. The molecule has 1 aliphatic rings. The average Bonchev–Trinajstić information content (AvgIpc) is 3.60. The molecule has 0 saturated carbocycles. The van der Waals surface area contributed by atoms with E-state index < -0.39 is 5.41 Å². The molecule has 0 spiro atoms. The van der Waals surface area contributed by atoms with Crippen LogP contribution in [-0.2, 0) is 5.41 Å². The lowest BCUT2D eigenvalue weighted by Crippen LogP contribution is -2.28. The predicted octanol–water partition coefficient (Wildman–Crippen LogP) is 14.4. The summed E-state index contributed by atoms with van der Waals surface area (Å²) in [5, 5.41) is 0. The Kier molecular flexibility index (Phi) is 8.86. The minimum atomic E-state index is -0.439. The minimum absolute atomic E-state index is 0.439. The van der Waals surface area contributed by atoms with E-state index in [4.69, 9.17) is 0 Å². The number of benzene rings is 9. The Hall–Kier alpha value is -7.28. The molecule has 9 aromatic rings. The lowest BCUT2D eigenvalue weighted by molar-refractivity contribution is 0.769. The van der Waals surface area contributed by atoms with E-state index in [1.54, 1.807) is 0 Å². The maximum atomic E-state index is 2.45. The van der Waals surface area contributed by atoms with Crippen molar-refractivity contribution in [1.82, 2.24) is 0 Å². The summed E-state index contributed by atoms with van der Waals surface area (Å²) in [6.07, 6.45) is 0. The smallest absolute Gasteiger partial charge is 0.0622 e. The van der Waals surface area contributed by atoms with E-state index in [0.29, 0.717) is 0 Å². The molecule has 0 unspecified atom stereocenters. The van der Waals surface area contributed by atoms with Gasteiger partial charge in [0.2, 0.25) is 0 Å². The van der Waals surface area contributed by atoms with Crippen molar-refractivity contribution in [2.45, 2.75) is 5.41 Å². The lowest BCUT2D eigenvalue weighted by Gasteiger charge is -2.34. The van der Waals surface area contributed by atoms with Gasteiger partial charge in [0.05, 0.1) is 5.41 Å². The molecule has 0 saturated heterocycles. The molecule has 268 valence electrons. The summed E-state index contributed by atoms with van der Waals surface area (Å²) in [4.78, 5) is 0. The number of rotatable bonds is 8. The Balaban J connectivity index is 1.13. The van der Waals surface area contributed by atoms with Crippen molar-refractivity contribution in [3.05, 3.63) is 287 Å². The fourth-order valence-corrected chi connectivity index (χ4v) is 9.08. The molecule has 0 bridgehead atoms. The van der Waals surface area contributed by atoms with Crippen LogP contribution in [-0.4, -0.2) is 0 Å². The van der Waals surface area contributed by atoms with Crippen molar-refractivity contribution in [1.29, 1.82) is 0 Å². The van der Waals surface area contributed by atoms with Gasteiger partial charge in [0.25, 0.3) is 0 Å². The number of hydrogen-bond acceptors (Lipinski definition) is 0. The van der Waals surface area contributed by atoms with E-state index in [0.717, 1.165) is 0 Å². The number of hydrogen-bond donors (Lipinski definition) is 0. The van der Waals surface area contributed by atoms with Crippen LogP contribution in [0.2, 0.25) is 0 Å². The molecule has 0 atom stereocenters. The average molecular weight is 725 g/mol. The van der Waals surface area contributed by atoms with Crippen molar-refractivity contribution in [3.8, 4) is 33.4 Å². The molecule has 0 aliphatic heterocycles. The molecule has 0 amide bonds. The first-order chi connectivity index (χ1) is 28.3. The van der Waals surface area contributed by atoms with Crippen LogP contribution in [0, 0.1) is 0 Å². The van der Waals surface area contributed by atoms with E-state index >= 15 is 0 Å². The molecule has 1 aliphatic carbocycles. The summed E-state index contributed by atoms with van der Waals surface area (Å²) in [5.41, 5.74) is 19.3. The summed E-state index contributed by atoms with van der Waals surface area (Å²) in [7, 11) is 0. The topological polar surface area (TPSA) is 0 Å². The highest BCUT2D eigenvalue weighted by molar-refractivity contribution is 6.05. The Morgan fingerprint density at radius 1 is 0.246 bits per heavy atom. The molecule has 0 nitrogen and oxygen atoms in total. The van der Waals surface area contributed by atoms with Crippen LogP contribution < -0.4 is 0 Å². The standard InChI is InChI=1S/C57H40/c1-6-20-41(21-7-1)55(42-22-8-2-9-23-42)56(43-24-10-3-11-25-43)48-29-19-28-46(39-48)44-26-18-27-45(38-44)47-36-37-52-51-34-16-17-35-53(51)57(54(52)40-47,49-30-12-4-13-31-49)50-32-14-5-15-33-50/h1-40H. The van der Waals surface area contributed by atoms with Crippen LogP contribution in [0.5, 0.6) is 0 Å². The van der Waals surface area contributed by atoms with E-state index in [1.165, 1.54) is 89.0 Å². The second-order valence-corrected chi connectivity index (χ2v) is 14.8. The SMILES string of the molecule is c1ccc(C(=C(c2ccccc2)c2cccc(-c3cccc(-c4ccc5c(c4)C(c4ccccc4)(c4ccccc4)c4ccccc4-5)c3)c2)c2ccccc2)cc1. The first-order valence-corrected chi connectivity index (χ1v) is 19.8. The summed E-state index contributed by atoms with van der Waals surface area (Å²) >= 11 is 0. The van der Waals surface area contributed by atoms with Crippen LogP contribution in [0.1, 0.15) is 44.5 Å². The van der Waals surface area contributed by atoms with Crippen LogP contribution in [0.25, 0.3) is 44.5 Å². The molecular weight excluding hydrogens is 685 g/mol. The zero-order valence-electron chi connectivity index (χ0n) is 31.6. The van der Waals surface area contributed by atoms with Gasteiger partial charge >= 0.3 is 0 Å². The van der Waals surface area contributed by atoms with E-state index in [-0.39, 0.29) is 0 Å². The highest BCUT2D eigenvalue weighted by Crippen LogP contribution is 2.56. The number of fused-ring (bicyclic) bond motifs is 3. The fraction of sp³-hybridized carbons (Fsp3) is 0.0175. The van der Waals surface area contributed by atoms with Crippen LogP contribution in [0.3, 0.4) is 0 Å². The first-order valence-electron chi connectivity index (χ1n) is 19.8. The van der Waals surface area contributed by atoms with Gasteiger partial charge in [0, 0.05) is 0 Å². The summed E-state index contributed by atoms with van der Waals surface area (Å²) in [5.74, 6) is 0. The third-order valence-corrected chi connectivity index (χ3v) is 11.6. The Morgan fingerprint density at radius 3 is 1.18 bits per heavy atom. The zero-order chi connectivity index (χ0) is 38.0. The van der Waals surface area contributed by atoms with Crippen LogP contribution in [0.15, 0.2) is 243 Å². The van der Waals surface area contributed by atoms with Gasteiger partial charge in [-0.1, -0.05) is 224 Å². The van der Waals surface area contributed by atoms with Gasteiger partial charge in [-0.3, -0.25) is 0 Å². The summed E-state index contributed by atoms with van der Waals surface area (Å²) in [6, 6.07) is 88.6. The molecular formula is C57H40. The zero-order valence-corrected chi connectivity index (χ0v) is 31.6. The molecule has 0 heteroatoms. The van der Waals surface area contributed by atoms with Gasteiger partial charge in [-0.15, -0.1) is 0 Å². The van der Waals surface area contributed by atoms with E-state index in [1.807, 2.05) is 0 Å². The Labute approximate surface area is 335 Å². The molecule has 0 aromatic heterocycles. The monoisotopic (exact) mass is 724 g/mol. The maximum absolute atomic E-state index is 2.45. The quantitative estimate of drug-likeness (QED) is 0.137. The first kappa shape index (κ1) is 34.2. The second kappa shape index (κ2) is 14.8. The van der Waals surface area contributed by atoms with Gasteiger partial charge < -0.3 is 0 Å². The van der Waals surface area contributed by atoms with Gasteiger partial charge in [0.15, 0.2) is 0 Å². The van der Waals surface area contributed by atoms with Crippen LogP contribution >= 0.6 is 0 Å². The normalized spacial score (nSPS) is 12.4. The van der Waals surface area contributed by atoms with Crippen molar-refractivity contribution < 1.29 is 0 Å². The Morgan fingerprint density at radius 2 is 0.632 bits per heavy atom. The van der Waals surface area contributed by atoms with E-state index in [9.17, 15) is 0 Å². The third-order valence-electron chi connectivity index (χ3n) is 11.6. The summed E-state index contributed by atoms with van der Waals surface area (Å²) < 4.78 is 0. The van der Waals surface area contributed by atoms with Gasteiger partial charge in [-0.2, -0.15) is 0 Å². The molecule has 0 radical (unpaired) electrons. The highest BCUT2D eigenvalue weighted by Gasteiger charge is 2.46. The van der Waals surface area contributed by atoms with Crippen LogP contribution in [0.4, 0.5) is 0 Å². The van der Waals surface area contributed by atoms with Gasteiger partial charge in [-0.05, 0) is 107 Å².